The van der Waals surface area contributed by atoms with E-state index in [0.29, 0.717) is 22.8 Å². The molecule has 22 heavy (non-hydrogen) atoms. The van der Waals surface area contributed by atoms with E-state index in [1.807, 2.05) is 18.2 Å². The lowest BCUT2D eigenvalue weighted by molar-refractivity contribution is 0.199. The number of hydrogen-bond acceptors (Lipinski definition) is 4. The molecular weight excluding hydrogens is 296 g/mol. The van der Waals surface area contributed by atoms with Gasteiger partial charge in [-0.05, 0) is 18.1 Å². The largest absolute Gasteiger partial charge is 0.368 e. The van der Waals surface area contributed by atoms with E-state index in [1.54, 1.807) is 12.1 Å². The number of nitrogens with zero attached hydrogens (tertiary/aromatic N) is 3. The molecule has 118 valence electrons. The van der Waals surface area contributed by atoms with Crippen molar-refractivity contribution in [3.8, 4) is 6.07 Å². The SMILES string of the molecule is C=CCN(CC=C)C(CNc1ccc(Cl)c(C#N)n1)C(C)C. The van der Waals surface area contributed by atoms with Crippen molar-refractivity contribution in [3.05, 3.63) is 48.2 Å². The van der Waals surface area contributed by atoms with Crippen molar-refractivity contribution in [2.24, 2.45) is 5.92 Å². The van der Waals surface area contributed by atoms with Crippen LogP contribution in [0.3, 0.4) is 0 Å². The van der Waals surface area contributed by atoms with Crippen molar-refractivity contribution >= 4 is 17.4 Å². The highest BCUT2D eigenvalue weighted by Gasteiger charge is 2.20. The predicted molar refractivity (Wildman–Crippen MR) is 93.0 cm³/mol. The quantitative estimate of drug-likeness (QED) is 0.705. The van der Waals surface area contributed by atoms with Crippen molar-refractivity contribution in [2.75, 3.05) is 25.0 Å². The molecule has 4 nitrogen and oxygen atoms in total. The predicted octanol–water partition coefficient (Wildman–Crippen LogP) is 3.72. The van der Waals surface area contributed by atoms with Gasteiger partial charge in [0.05, 0.1) is 5.02 Å². The molecule has 1 atom stereocenters. The van der Waals surface area contributed by atoms with Gasteiger partial charge in [-0.3, -0.25) is 4.90 Å². The molecule has 0 amide bonds. The smallest absolute Gasteiger partial charge is 0.161 e. The third-order valence-corrected chi connectivity index (χ3v) is 3.72. The average Bonchev–Trinajstić information content (AvgIpc) is 2.49. The maximum atomic E-state index is 8.98. The van der Waals surface area contributed by atoms with Gasteiger partial charge in [0.2, 0.25) is 0 Å². The van der Waals surface area contributed by atoms with E-state index >= 15 is 0 Å². The second kappa shape index (κ2) is 9.24. The van der Waals surface area contributed by atoms with Gasteiger partial charge in [0.15, 0.2) is 5.69 Å². The van der Waals surface area contributed by atoms with E-state index in [-0.39, 0.29) is 5.69 Å². The van der Waals surface area contributed by atoms with Crippen LogP contribution >= 0.6 is 11.6 Å². The first-order chi connectivity index (χ1) is 10.5. The maximum absolute atomic E-state index is 8.98. The highest BCUT2D eigenvalue weighted by Crippen LogP contribution is 2.17. The molecule has 1 N–H and O–H groups in total. The second-order valence-electron chi connectivity index (χ2n) is 5.36. The van der Waals surface area contributed by atoms with Crippen molar-refractivity contribution in [1.82, 2.24) is 9.88 Å². The first-order valence-electron chi connectivity index (χ1n) is 7.29. The Kier molecular flexibility index (Phi) is 7.65. The molecule has 0 spiro atoms. The molecule has 0 saturated carbocycles. The standard InChI is InChI=1S/C17H23ClN4/c1-5-9-22(10-6-2)16(13(3)4)12-20-17-8-7-14(18)15(11-19)21-17/h5-8,13,16H,1-2,9-10,12H2,3-4H3,(H,20,21). The highest BCUT2D eigenvalue weighted by molar-refractivity contribution is 6.31. The van der Waals surface area contributed by atoms with Crippen LogP contribution in [0.5, 0.6) is 0 Å². The Morgan fingerprint density at radius 3 is 2.50 bits per heavy atom. The summed E-state index contributed by atoms with van der Waals surface area (Å²) in [4.78, 5) is 6.51. The summed E-state index contributed by atoms with van der Waals surface area (Å²) in [5, 5.41) is 12.6. The van der Waals surface area contributed by atoms with Crippen LogP contribution in [0.4, 0.5) is 5.82 Å². The van der Waals surface area contributed by atoms with Gasteiger partial charge in [-0.2, -0.15) is 5.26 Å². The molecule has 1 unspecified atom stereocenters. The number of hydrogen-bond donors (Lipinski definition) is 1. The fraction of sp³-hybridized carbons (Fsp3) is 0.412. The van der Waals surface area contributed by atoms with Crippen LogP contribution in [0.1, 0.15) is 19.5 Å². The fourth-order valence-corrected chi connectivity index (χ4v) is 2.44. The zero-order chi connectivity index (χ0) is 16.5. The van der Waals surface area contributed by atoms with Crippen molar-refractivity contribution in [3.63, 3.8) is 0 Å². The molecule has 1 heterocycles. The zero-order valence-electron chi connectivity index (χ0n) is 13.2. The molecule has 1 aromatic rings. The van der Waals surface area contributed by atoms with E-state index in [9.17, 15) is 0 Å². The van der Waals surface area contributed by atoms with Gasteiger partial charge in [-0.15, -0.1) is 13.2 Å². The molecule has 0 bridgehead atoms. The molecule has 0 aliphatic carbocycles. The molecule has 0 aromatic carbocycles. The van der Waals surface area contributed by atoms with Gasteiger partial charge >= 0.3 is 0 Å². The van der Waals surface area contributed by atoms with E-state index in [0.717, 1.165) is 19.6 Å². The topological polar surface area (TPSA) is 52.0 Å². The summed E-state index contributed by atoms with van der Waals surface area (Å²) in [6, 6.07) is 5.76. The number of halogens is 1. The first-order valence-corrected chi connectivity index (χ1v) is 7.67. The lowest BCUT2D eigenvalue weighted by Crippen LogP contribution is -2.43. The van der Waals surface area contributed by atoms with E-state index in [4.69, 9.17) is 16.9 Å². The minimum atomic E-state index is 0.238. The molecule has 0 saturated heterocycles. The lowest BCUT2D eigenvalue weighted by atomic mass is 10.0. The van der Waals surface area contributed by atoms with Crippen molar-refractivity contribution < 1.29 is 0 Å². The van der Waals surface area contributed by atoms with Gasteiger partial charge in [0.1, 0.15) is 11.9 Å². The Bertz CT molecular complexity index is 538. The van der Waals surface area contributed by atoms with E-state index in [1.165, 1.54) is 0 Å². The Morgan fingerprint density at radius 2 is 2.00 bits per heavy atom. The van der Waals surface area contributed by atoms with Crippen LogP contribution in [-0.2, 0) is 0 Å². The summed E-state index contributed by atoms with van der Waals surface area (Å²) in [6.07, 6.45) is 3.79. The number of anilines is 1. The van der Waals surface area contributed by atoms with Crippen LogP contribution in [0.25, 0.3) is 0 Å². The fourth-order valence-electron chi connectivity index (χ4n) is 2.29. The molecule has 0 fully saturated rings. The summed E-state index contributed by atoms with van der Waals surface area (Å²) in [7, 11) is 0. The van der Waals surface area contributed by atoms with Gasteiger partial charge in [-0.25, -0.2) is 4.98 Å². The van der Waals surface area contributed by atoms with Crippen molar-refractivity contribution in [2.45, 2.75) is 19.9 Å². The number of nitrogens with one attached hydrogen (secondary N) is 1. The zero-order valence-corrected chi connectivity index (χ0v) is 14.0. The number of aromatic nitrogens is 1. The summed E-state index contributed by atoms with van der Waals surface area (Å²) in [5.41, 5.74) is 0.238. The summed E-state index contributed by atoms with van der Waals surface area (Å²) in [6.45, 7) is 14.3. The third-order valence-electron chi connectivity index (χ3n) is 3.41. The Hall–Kier alpha value is -1.83. The molecular formula is C17H23ClN4. The number of nitriles is 1. The molecule has 0 aliphatic rings. The number of rotatable bonds is 9. The van der Waals surface area contributed by atoms with Crippen LogP contribution in [0.2, 0.25) is 5.02 Å². The summed E-state index contributed by atoms with van der Waals surface area (Å²) < 4.78 is 0. The van der Waals surface area contributed by atoms with Crippen LogP contribution in [0, 0.1) is 17.2 Å². The minimum Gasteiger partial charge on any atom is -0.368 e. The molecule has 1 rings (SSSR count). The van der Waals surface area contributed by atoms with Gasteiger partial charge in [-0.1, -0.05) is 37.6 Å². The summed E-state index contributed by atoms with van der Waals surface area (Å²) >= 11 is 5.90. The monoisotopic (exact) mass is 318 g/mol. The molecule has 0 aliphatic heterocycles. The normalized spacial score (nSPS) is 12.0. The lowest BCUT2D eigenvalue weighted by Gasteiger charge is -2.33. The molecule has 1 aromatic heterocycles. The minimum absolute atomic E-state index is 0.238. The number of pyridine rings is 1. The van der Waals surface area contributed by atoms with E-state index < -0.39 is 0 Å². The Morgan fingerprint density at radius 1 is 1.36 bits per heavy atom. The van der Waals surface area contributed by atoms with Gasteiger partial charge in [0.25, 0.3) is 0 Å². The van der Waals surface area contributed by atoms with Crippen LogP contribution in [-0.4, -0.2) is 35.6 Å². The summed E-state index contributed by atoms with van der Waals surface area (Å²) in [5.74, 6) is 1.11. The molecule has 5 heteroatoms. The second-order valence-corrected chi connectivity index (χ2v) is 5.77. The maximum Gasteiger partial charge on any atom is 0.161 e. The molecule has 0 radical (unpaired) electrons. The van der Waals surface area contributed by atoms with Crippen LogP contribution in [0.15, 0.2) is 37.4 Å². The van der Waals surface area contributed by atoms with Crippen LogP contribution < -0.4 is 5.32 Å². The highest BCUT2D eigenvalue weighted by atomic mass is 35.5. The Labute approximate surface area is 138 Å². The van der Waals surface area contributed by atoms with Gasteiger partial charge in [0, 0.05) is 25.7 Å². The first kappa shape index (κ1) is 18.2. The Balaban J connectivity index is 2.81. The third kappa shape index (κ3) is 5.18. The van der Waals surface area contributed by atoms with Crippen molar-refractivity contribution in [1.29, 1.82) is 5.26 Å². The van der Waals surface area contributed by atoms with Gasteiger partial charge < -0.3 is 5.32 Å². The average molecular weight is 319 g/mol. The van der Waals surface area contributed by atoms with E-state index in [2.05, 4.69) is 42.2 Å².